The normalized spacial score (nSPS) is 12.8. The number of pyridine rings is 1. The van der Waals surface area contributed by atoms with E-state index in [-0.39, 0.29) is 0 Å². The molecule has 1 N–H and O–H groups in total. The lowest BCUT2D eigenvalue weighted by Gasteiger charge is -2.24. The van der Waals surface area contributed by atoms with Crippen LogP contribution in [0.15, 0.2) is 22.9 Å². The molecule has 0 saturated heterocycles. The van der Waals surface area contributed by atoms with E-state index in [2.05, 4.69) is 51.9 Å². The SMILES string of the molecule is CCN(CC)CC(C)Nc1ccncc1Br. The summed E-state index contributed by atoms with van der Waals surface area (Å²) in [6.45, 7) is 9.84. The van der Waals surface area contributed by atoms with Gasteiger partial charge in [0.2, 0.25) is 0 Å². The monoisotopic (exact) mass is 285 g/mol. The second-order valence-electron chi connectivity index (χ2n) is 3.89. The van der Waals surface area contributed by atoms with Crippen LogP contribution in [0.2, 0.25) is 0 Å². The van der Waals surface area contributed by atoms with Gasteiger partial charge in [0, 0.05) is 25.0 Å². The number of halogens is 1. The first-order chi connectivity index (χ1) is 7.67. The number of anilines is 1. The first-order valence-corrected chi connectivity index (χ1v) is 6.55. The molecule has 3 nitrogen and oxygen atoms in total. The maximum Gasteiger partial charge on any atom is 0.0590 e. The number of hydrogen-bond acceptors (Lipinski definition) is 3. The average molecular weight is 286 g/mol. The molecule has 0 fully saturated rings. The Morgan fingerprint density at radius 3 is 2.69 bits per heavy atom. The minimum Gasteiger partial charge on any atom is -0.380 e. The highest BCUT2D eigenvalue weighted by molar-refractivity contribution is 9.10. The van der Waals surface area contributed by atoms with Crippen LogP contribution in [-0.4, -0.2) is 35.6 Å². The smallest absolute Gasteiger partial charge is 0.0590 e. The number of rotatable bonds is 6. The molecule has 0 bridgehead atoms. The van der Waals surface area contributed by atoms with E-state index in [1.807, 2.05) is 12.3 Å². The summed E-state index contributed by atoms with van der Waals surface area (Å²) in [5.41, 5.74) is 1.11. The van der Waals surface area contributed by atoms with Gasteiger partial charge in [0.1, 0.15) is 0 Å². The molecule has 90 valence electrons. The Kier molecular flexibility index (Phi) is 5.77. The van der Waals surface area contributed by atoms with Gasteiger partial charge in [-0.1, -0.05) is 13.8 Å². The molecule has 0 aromatic carbocycles. The van der Waals surface area contributed by atoms with Crippen molar-refractivity contribution in [1.82, 2.24) is 9.88 Å². The second kappa shape index (κ2) is 6.86. The minimum absolute atomic E-state index is 0.429. The summed E-state index contributed by atoms with van der Waals surface area (Å²) in [7, 11) is 0. The van der Waals surface area contributed by atoms with Crippen molar-refractivity contribution in [1.29, 1.82) is 0 Å². The van der Waals surface area contributed by atoms with E-state index < -0.39 is 0 Å². The van der Waals surface area contributed by atoms with Crippen LogP contribution in [0.4, 0.5) is 5.69 Å². The number of nitrogens with one attached hydrogen (secondary N) is 1. The van der Waals surface area contributed by atoms with E-state index in [0.717, 1.165) is 29.8 Å². The van der Waals surface area contributed by atoms with Crippen molar-refractivity contribution >= 4 is 21.6 Å². The van der Waals surface area contributed by atoms with Gasteiger partial charge in [-0.15, -0.1) is 0 Å². The molecule has 0 amide bonds. The van der Waals surface area contributed by atoms with Crippen LogP contribution in [0.1, 0.15) is 20.8 Å². The lowest BCUT2D eigenvalue weighted by atomic mass is 10.2. The van der Waals surface area contributed by atoms with Crippen LogP contribution < -0.4 is 5.32 Å². The maximum absolute atomic E-state index is 4.05. The highest BCUT2D eigenvalue weighted by Gasteiger charge is 2.08. The van der Waals surface area contributed by atoms with Gasteiger partial charge in [0.15, 0.2) is 0 Å². The topological polar surface area (TPSA) is 28.2 Å². The zero-order valence-corrected chi connectivity index (χ0v) is 11.8. The summed E-state index contributed by atoms with van der Waals surface area (Å²) < 4.78 is 1.02. The summed E-state index contributed by atoms with van der Waals surface area (Å²) >= 11 is 3.49. The maximum atomic E-state index is 4.05. The van der Waals surface area contributed by atoms with Crippen molar-refractivity contribution in [2.24, 2.45) is 0 Å². The van der Waals surface area contributed by atoms with Crippen molar-refractivity contribution in [3.63, 3.8) is 0 Å². The van der Waals surface area contributed by atoms with Gasteiger partial charge in [-0.3, -0.25) is 4.98 Å². The van der Waals surface area contributed by atoms with E-state index in [1.165, 1.54) is 0 Å². The molecule has 1 unspecified atom stereocenters. The van der Waals surface area contributed by atoms with Crippen molar-refractivity contribution in [3.8, 4) is 0 Å². The van der Waals surface area contributed by atoms with Crippen LogP contribution in [0.25, 0.3) is 0 Å². The van der Waals surface area contributed by atoms with Gasteiger partial charge < -0.3 is 10.2 Å². The van der Waals surface area contributed by atoms with Crippen LogP contribution in [0.5, 0.6) is 0 Å². The molecular formula is C12H20BrN3. The number of aromatic nitrogens is 1. The molecule has 4 heteroatoms. The largest absolute Gasteiger partial charge is 0.380 e. The zero-order chi connectivity index (χ0) is 12.0. The fourth-order valence-corrected chi connectivity index (χ4v) is 2.04. The van der Waals surface area contributed by atoms with Crippen LogP contribution in [0, 0.1) is 0 Å². The first-order valence-electron chi connectivity index (χ1n) is 5.75. The Hall–Kier alpha value is -0.610. The molecule has 0 aliphatic heterocycles. The Bertz CT molecular complexity index is 313. The molecular weight excluding hydrogens is 266 g/mol. The van der Waals surface area contributed by atoms with Crippen molar-refractivity contribution < 1.29 is 0 Å². The fourth-order valence-electron chi connectivity index (χ4n) is 1.67. The predicted molar refractivity (Wildman–Crippen MR) is 72.8 cm³/mol. The molecule has 1 aromatic heterocycles. The standard InChI is InChI=1S/C12H20BrN3/c1-4-16(5-2)9-10(3)15-12-6-7-14-8-11(12)13/h6-8,10H,4-5,9H2,1-3H3,(H,14,15). The Morgan fingerprint density at radius 2 is 2.12 bits per heavy atom. The molecule has 0 aliphatic carbocycles. The number of likely N-dealkylation sites (N-methyl/N-ethyl adjacent to an activating group) is 1. The summed E-state index contributed by atoms with van der Waals surface area (Å²) in [6, 6.07) is 2.42. The third-order valence-corrected chi connectivity index (χ3v) is 3.23. The Balaban J connectivity index is 2.51. The third kappa shape index (κ3) is 4.10. The highest BCUT2D eigenvalue weighted by atomic mass is 79.9. The predicted octanol–water partition coefficient (Wildman–Crippen LogP) is 2.99. The van der Waals surface area contributed by atoms with E-state index in [9.17, 15) is 0 Å². The van der Waals surface area contributed by atoms with Gasteiger partial charge in [0.25, 0.3) is 0 Å². The molecule has 1 heterocycles. The van der Waals surface area contributed by atoms with Crippen LogP contribution in [0.3, 0.4) is 0 Å². The zero-order valence-electron chi connectivity index (χ0n) is 10.2. The molecule has 16 heavy (non-hydrogen) atoms. The van der Waals surface area contributed by atoms with Crippen molar-refractivity contribution in [2.45, 2.75) is 26.8 Å². The highest BCUT2D eigenvalue weighted by Crippen LogP contribution is 2.20. The molecule has 1 rings (SSSR count). The van der Waals surface area contributed by atoms with Crippen molar-refractivity contribution in [2.75, 3.05) is 25.0 Å². The van der Waals surface area contributed by atoms with Crippen LogP contribution >= 0.6 is 15.9 Å². The summed E-state index contributed by atoms with van der Waals surface area (Å²) in [5.74, 6) is 0. The third-order valence-electron chi connectivity index (χ3n) is 2.60. The van der Waals surface area contributed by atoms with Gasteiger partial charge in [-0.2, -0.15) is 0 Å². The van der Waals surface area contributed by atoms with Gasteiger partial charge in [-0.25, -0.2) is 0 Å². The summed E-state index contributed by atoms with van der Waals surface area (Å²) in [6.07, 6.45) is 3.61. The molecule has 0 aliphatic rings. The quantitative estimate of drug-likeness (QED) is 0.871. The number of nitrogens with zero attached hydrogens (tertiary/aromatic N) is 2. The molecule has 0 radical (unpaired) electrons. The average Bonchev–Trinajstić information content (AvgIpc) is 2.29. The summed E-state index contributed by atoms with van der Waals surface area (Å²) in [4.78, 5) is 6.46. The Labute approximate surface area is 106 Å². The minimum atomic E-state index is 0.429. The van der Waals surface area contributed by atoms with Gasteiger partial charge in [0.05, 0.1) is 10.2 Å². The lowest BCUT2D eigenvalue weighted by Crippen LogP contribution is -2.34. The molecule has 1 aromatic rings. The molecule has 0 spiro atoms. The van der Waals surface area contributed by atoms with Gasteiger partial charge in [-0.05, 0) is 42.0 Å². The van der Waals surface area contributed by atoms with E-state index in [0.29, 0.717) is 6.04 Å². The molecule has 0 saturated carbocycles. The van der Waals surface area contributed by atoms with E-state index in [4.69, 9.17) is 0 Å². The lowest BCUT2D eigenvalue weighted by molar-refractivity contribution is 0.295. The van der Waals surface area contributed by atoms with Gasteiger partial charge >= 0.3 is 0 Å². The summed E-state index contributed by atoms with van der Waals surface area (Å²) in [5, 5.41) is 3.48. The van der Waals surface area contributed by atoms with Crippen molar-refractivity contribution in [3.05, 3.63) is 22.9 Å². The molecule has 1 atom stereocenters. The fraction of sp³-hybridized carbons (Fsp3) is 0.583. The Morgan fingerprint density at radius 1 is 1.44 bits per heavy atom. The second-order valence-corrected chi connectivity index (χ2v) is 4.74. The van der Waals surface area contributed by atoms with E-state index >= 15 is 0 Å². The number of hydrogen-bond donors (Lipinski definition) is 1. The van der Waals surface area contributed by atoms with E-state index in [1.54, 1.807) is 6.20 Å². The van der Waals surface area contributed by atoms with Crippen LogP contribution in [-0.2, 0) is 0 Å². The first kappa shape index (κ1) is 13.5.